The third kappa shape index (κ3) is 1.07. The lowest BCUT2D eigenvalue weighted by Gasteiger charge is -2.05. The van der Waals surface area contributed by atoms with Crippen LogP contribution in [0.25, 0.3) is 0 Å². The van der Waals surface area contributed by atoms with Gasteiger partial charge in [-0.2, -0.15) is 5.10 Å². The maximum Gasteiger partial charge on any atom is 0.188 e. The minimum atomic E-state index is -0.366. The first-order valence-corrected chi connectivity index (χ1v) is 4.19. The Morgan fingerprint density at radius 3 is 2.75 bits per heavy atom. The lowest BCUT2D eigenvalue weighted by atomic mass is 10.0. The summed E-state index contributed by atoms with van der Waals surface area (Å²) in [5.41, 5.74) is 5.85. The van der Waals surface area contributed by atoms with Crippen molar-refractivity contribution < 1.29 is 4.39 Å². The Balaban J connectivity index is 2.25. The van der Waals surface area contributed by atoms with Crippen molar-refractivity contribution >= 4 is 5.82 Å². The number of hydrogen-bond donors (Lipinski definition) is 2. The molecule has 12 heavy (non-hydrogen) atoms. The monoisotopic (exact) mass is 169 g/mol. The summed E-state index contributed by atoms with van der Waals surface area (Å²) in [7, 11) is 0. The molecule has 3 nitrogen and oxygen atoms in total. The summed E-state index contributed by atoms with van der Waals surface area (Å²) >= 11 is 0. The van der Waals surface area contributed by atoms with E-state index in [9.17, 15) is 4.39 Å². The van der Waals surface area contributed by atoms with Gasteiger partial charge in [-0.05, 0) is 18.8 Å². The van der Waals surface area contributed by atoms with Gasteiger partial charge < -0.3 is 5.73 Å². The lowest BCUT2D eigenvalue weighted by Crippen LogP contribution is -1.99. The molecule has 0 aromatic carbocycles. The van der Waals surface area contributed by atoms with Crippen LogP contribution in [0.1, 0.15) is 31.4 Å². The highest BCUT2D eigenvalue weighted by molar-refractivity contribution is 5.33. The first-order valence-electron chi connectivity index (χ1n) is 4.19. The molecule has 0 radical (unpaired) electrons. The standard InChI is InChI=1S/C8H12FN3/c1-4(5-2-3-5)7-6(9)8(10)12-11-7/h4-5H,2-3H2,1H3,(H3,10,11,12). The molecule has 1 saturated carbocycles. The van der Waals surface area contributed by atoms with Crippen molar-refractivity contribution in [1.29, 1.82) is 0 Å². The van der Waals surface area contributed by atoms with Crippen LogP contribution in [0, 0.1) is 11.7 Å². The zero-order valence-corrected chi connectivity index (χ0v) is 6.97. The molecule has 3 N–H and O–H groups in total. The molecular formula is C8H12FN3. The maximum atomic E-state index is 13.2. The van der Waals surface area contributed by atoms with Gasteiger partial charge in [-0.15, -0.1) is 0 Å². The van der Waals surface area contributed by atoms with E-state index in [1.165, 1.54) is 12.8 Å². The van der Waals surface area contributed by atoms with Crippen LogP contribution in [-0.2, 0) is 0 Å². The van der Waals surface area contributed by atoms with E-state index in [1.54, 1.807) is 0 Å². The van der Waals surface area contributed by atoms with Crippen LogP contribution in [0.5, 0.6) is 0 Å². The second-order valence-electron chi connectivity index (χ2n) is 3.46. The van der Waals surface area contributed by atoms with Gasteiger partial charge in [0.05, 0.1) is 5.69 Å². The van der Waals surface area contributed by atoms with E-state index >= 15 is 0 Å². The zero-order valence-electron chi connectivity index (χ0n) is 6.97. The van der Waals surface area contributed by atoms with Crippen LogP contribution >= 0.6 is 0 Å². The predicted molar refractivity (Wildman–Crippen MR) is 44.1 cm³/mol. The molecule has 1 fully saturated rings. The van der Waals surface area contributed by atoms with E-state index < -0.39 is 0 Å². The Morgan fingerprint density at radius 2 is 2.33 bits per heavy atom. The number of nitrogens with one attached hydrogen (secondary N) is 1. The van der Waals surface area contributed by atoms with Crippen molar-refractivity contribution in [2.75, 3.05) is 5.73 Å². The van der Waals surface area contributed by atoms with Crippen LogP contribution in [0.2, 0.25) is 0 Å². The van der Waals surface area contributed by atoms with E-state index in [0.717, 1.165) is 0 Å². The van der Waals surface area contributed by atoms with Gasteiger partial charge in [0.2, 0.25) is 0 Å². The molecule has 0 spiro atoms. The summed E-state index contributed by atoms with van der Waals surface area (Å²) in [5.74, 6) is 0.473. The third-order valence-electron chi connectivity index (χ3n) is 2.54. The molecule has 2 rings (SSSR count). The van der Waals surface area contributed by atoms with Gasteiger partial charge in [-0.1, -0.05) is 6.92 Å². The van der Waals surface area contributed by atoms with Gasteiger partial charge in [-0.25, -0.2) is 4.39 Å². The fourth-order valence-electron chi connectivity index (χ4n) is 1.49. The third-order valence-corrected chi connectivity index (χ3v) is 2.54. The van der Waals surface area contributed by atoms with Crippen molar-refractivity contribution in [2.24, 2.45) is 5.92 Å². The molecule has 1 atom stereocenters. The first kappa shape index (κ1) is 7.58. The van der Waals surface area contributed by atoms with Gasteiger partial charge in [0.25, 0.3) is 0 Å². The fourth-order valence-corrected chi connectivity index (χ4v) is 1.49. The van der Waals surface area contributed by atoms with E-state index in [0.29, 0.717) is 11.6 Å². The predicted octanol–water partition coefficient (Wildman–Crippen LogP) is 1.64. The minimum absolute atomic E-state index is 0.0162. The molecular weight excluding hydrogens is 157 g/mol. The summed E-state index contributed by atoms with van der Waals surface area (Å²) in [4.78, 5) is 0. The maximum absolute atomic E-state index is 13.2. The van der Waals surface area contributed by atoms with E-state index in [-0.39, 0.29) is 17.6 Å². The summed E-state index contributed by atoms with van der Waals surface area (Å²) in [6.45, 7) is 2.01. The Morgan fingerprint density at radius 1 is 1.67 bits per heavy atom. The molecule has 1 unspecified atom stereocenters. The number of halogens is 1. The highest BCUT2D eigenvalue weighted by atomic mass is 19.1. The number of nitrogens with zero attached hydrogens (tertiary/aromatic N) is 1. The molecule has 4 heteroatoms. The number of nitrogen functional groups attached to an aromatic ring is 1. The highest BCUT2D eigenvalue weighted by Crippen LogP contribution is 2.42. The van der Waals surface area contributed by atoms with Crippen LogP contribution in [0.3, 0.4) is 0 Å². The van der Waals surface area contributed by atoms with Crippen molar-refractivity contribution in [3.8, 4) is 0 Å². The Labute approximate surface area is 70.2 Å². The van der Waals surface area contributed by atoms with E-state index in [4.69, 9.17) is 5.73 Å². The number of H-pyrrole nitrogens is 1. The average molecular weight is 169 g/mol. The molecule has 1 aliphatic carbocycles. The Hall–Kier alpha value is -1.06. The second kappa shape index (κ2) is 2.47. The van der Waals surface area contributed by atoms with Gasteiger partial charge in [0, 0.05) is 5.92 Å². The smallest absolute Gasteiger partial charge is 0.188 e. The largest absolute Gasteiger partial charge is 0.380 e. The van der Waals surface area contributed by atoms with Crippen LogP contribution < -0.4 is 5.73 Å². The molecule has 0 amide bonds. The van der Waals surface area contributed by atoms with Crippen molar-refractivity contribution in [2.45, 2.75) is 25.7 Å². The highest BCUT2D eigenvalue weighted by Gasteiger charge is 2.32. The van der Waals surface area contributed by atoms with Gasteiger partial charge in [0.15, 0.2) is 11.6 Å². The number of hydrogen-bond acceptors (Lipinski definition) is 2. The average Bonchev–Trinajstić information content (AvgIpc) is 2.82. The molecule has 1 aromatic rings. The summed E-state index contributed by atoms with van der Waals surface area (Å²) in [5, 5.41) is 6.27. The number of rotatable bonds is 2. The van der Waals surface area contributed by atoms with Crippen molar-refractivity contribution in [3.63, 3.8) is 0 Å². The molecule has 0 aliphatic heterocycles. The summed E-state index contributed by atoms with van der Waals surface area (Å²) in [6, 6.07) is 0. The van der Waals surface area contributed by atoms with E-state index in [1.807, 2.05) is 6.92 Å². The fraction of sp³-hybridized carbons (Fsp3) is 0.625. The van der Waals surface area contributed by atoms with Gasteiger partial charge in [-0.3, -0.25) is 5.10 Å². The molecule has 66 valence electrons. The Kier molecular flexibility index (Phi) is 1.56. The molecule has 0 bridgehead atoms. The van der Waals surface area contributed by atoms with Crippen LogP contribution in [0.4, 0.5) is 10.2 Å². The van der Waals surface area contributed by atoms with Crippen molar-refractivity contribution in [3.05, 3.63) is 11.5 Å². The van der Waals surface area contributed by atoms with Crippen LogP contribution in [-0.4, -0.2) is 10.2 Å². The van der Waals surface area contributed by atoms with E-state index in [2.05, 4.69) is 10.2 Å². The summed E-state index contributed by atoms with van der Waals surface area (Å²) < 4.78 is 13.2. The SMILES string of the molecule is CC(c1[nH]nc(N)c1F)C1CC1. The lowest BCUT2D eigenvalue weighted by molar-refractivity contribution is 0.562. The second-order valence-corrected chi connectivity index (χ2v) is 3.46. The topological polar surface area (TPSA) is 54.7 Å². The first-order chi connectivity index (χ1) is 5.70. The zero-order chi connectivity index (χ0) is 8.72. The number of aromatic nitrogens is 2. The van der Waals surface area contributed by atoms with Crippen molar-refractivity contribution in [1.82, 2.24) is 10.2 Å². The summed E-state index contributed by atoms with van der Waals surface area (Å²) in [6.07, 6.45) is 2.39. The van der Waals surface area contributed by atoms with Gasteiger partial charge in [0.1, 0.15) is 0 Å². The van der Waals surface area contributed by atoms with Crippen LogP contribution in [0.15, 0.2) is 0 Å². The molecule has 1 aliphatic rings. The normalized spacial score (nSPS) is 19.5. The number of anilines is 1. The Bertz CT molecular complexity index is 290. The number of nitrogens with two attached hydrogens (primary N) is 1. The minimum Gasteiger partial charge on any atom is -0.380 e. The molecule has 1 heterocycles. The molecule has 1 aromatic heterocycles. The quantitative estimate of drug-likeness (QED) is 0.707. The number of aromatic amines is 1. The van der Waals surface area contributed by atoms with Gasteiger partial charge >= 0.3 is 0 Å². The molecule has 0 saturated heterocycles.